The van der Waals surface area contributed by atoms with E-state index in [1.807, 2.05) is 0 Å². The molecule has 0 aromatic carbocycles. The van der Waals surface area contributed by atoms with Gasteiger partial charge >= 0.3 is 12.0 Å². The van der Waals surface area contributed by atoms with E-state index in [0.29, 0.717) is 13.1 Å². The minimum Gasteiger partial charge on any atom is -0.476 e. The SMILES string of the molecule is CN(C)C(=O)CCNC(=O)NCCn1cnc(C(=O)O)c1. The van der Waals surface area contributed by atoms with E-state index in [0.717, 1.165) is 0 Å². The summed E-state index contributed by atoms with van der Waals surface area (Å²) in [6.07, 6.45) is 3.01. The van der Waals surface area contributed by atoms with Crippen molar-refractivity contribution in [1.29, 1.82) is 0 Å². The normalized spacial score (nSPS) is 10.0. The van der Waals surface area contributed by atoms with E-state index >= 15 is 0 Å². The second kappa shape index (κ2) is 7.88. The summed E-state index contributed by atoms with van der Waals surface area (Å²) < 4.78 is 1.57. The van der Waals surface area contributed by atoms with Crippen LogP contribution < -0.4 is 10.6 Å². The highest BCUT2D eigenvalue weighted by molar-refractivity contribution is 5.84. The first-order chi connectivity index (χ1) is 9.90. The van der Waals surface area contributed by atoms with E-state index in [9.17, 15) is 14.4 Å². The summed E-state index contributed by atoms with van der Waals surface area (Å²) in [5, 5.41) is 13.9. The predicted octanol–water partition coefficient (Wildman–Crippen LogP) is -0.641. The fourth-order valence-electron chi connectivity index (χ4n) is 1.46. The first-order valence-corrected chi connectivity index (χ1v) is 6.37. The zero-order valence-corrected chi connectivity index (χ0v) is 12.0. The van der Waals surface area contributed by atoms with Crippen molar-refractivity contribution in [2.24, 2.45) is 0 Å². The second-order valence-electron chi connectivity index (χ2n) is 4.52. The van der Waals surface area contributed by atoms with Crippen LogP contribution in [0.4, 0.5) is 4.79 Å². The van der Waals surface area contributed by atoms with Gasteiger partial charge in [-0.2, -0.15) is 0 Å². The Kier molecular flexibility index (Phi) is 6.18. The molecule has 0 bridgehead atoms. The molecule has 0 aliphatic heterocycles. The third-order valence-corrected chi connectivity index (χ3v) is 2.63. The smallest absolute Gasteiger partial charge is 0.356 e. The lowest BCUT2D eigenvalue weighted by atomic mass is 10.4. The van der Waals surface area contributed by atoms with Crippen molar-refractivity contribution in [3.05, 3.63) is 18.2 Å². The van der Waals surface area contributed by atoms with E-state index in [-0.39, 0.29) is 30.6 Å². The number of aromatic nitrogens is 2. The Morgan fingerprint density at radius 1 is 1.29 bits per heavy atom. The molecule has 0 fully saturated rings. The van der Waals surface area contributed by atoms with Crippen LogP contribution in [0.3, 0.4) is 0 Å². The topological polar surface area (TPSA) is 117 Å². The maximum atomic E-state index is 11.4. The first-order valence-electron chi connectivity index (χ1n) is 6.37. The van der Waals surface area contributed by atoms with Crippen molar-refractivity contribution in [1.82, 2.24) is 25.1 Å². The summed E-state index contributed by atoms with van der Waals surface area (Å²) in [5.41, 5.74) is -0.0401. The van der Waals surface area contributed by atoms with Crippen LogP contribution in [0.25, 0.3) is 0 Å². The number of carboxylic acids is 1. The van der Waals surface area contributed by atoms with Gasteiger partial charge in [-0.1, -0.05) is 0 Å². The average Bonchev–Trinajstić information content (AvgIpc) is 2.87. The van der Waals surface area contributed by atoms with E-state index < -0.39 is 5.97 Å². The molecule has 3 amide bonds. The molecule has 3 N–H and O–H groups in total. The second-order valence-corrected chi connectivity index (χ2v) is 4.52. The van der Waals surface area contributed by atoms with Gasteiger partial charge in [-0.15, -0.1) is 0 Å². The van der Waals surface area contributed by atoms with Gasteiger partial charge in [-0.05, 0) is 0 Å². The van der Waals surface area contributed by atoms with Crippen LogP contribution >= 0.6 is 0 Å². The number of rotatable bonds is 7. The van der Waals surface area contributed by atoms with Gasteiger partial charge in [0, 0.05) is 46.3 Å². The number of hydrogen-bond donors (Lipinski definition) is 3. The number of nitrogens with zero attached hydrogens (tertiary/aromatic N) is 3. The Morgan fingerprint density at radius 3 is 2.52 bits per heavy atom. The Labute approximate surface area is 121 Å². The minimum atomic E-state index is -1.09. The molecule has 0 unspecified atom stereocenters. The Morgan fingerprint density at radius 2 is 1.95 bits per heavy atom. The standard InChI is InChI=1S/C12H19N5O4/c1-16(2)10(18)3-4-13-12(21)14-5-6-17-7-9(11(19)20)15-8-17/h7-8H,3-6H2,1-2H3,(H,19,20)(H2,13,14,21). The lowest BCUT2D eigenvalue weighted by Crippen LogP contribution is -2.39. The molecular formula is C12H19N5O4. The van der Waals surface area contributed by atoms with Crippen molar-refractivity contribution in [3.63, 3.8) is 0 Å². The number of aromatic carboxylic acids is 1. The quantitative estimate of drug-likeness (QED) is 0.619. The number of carbonyl (C=O) groups is 3. The molecule has 0 saturated heterocycles. The van der Waals surface area contributed by atoms with Gasteiger partial charge < -0.3 is 25.2 Å². The highest BCUT2D eigenvalue weighted by atomic mass is 16.4. The summed E-state index contributed by atoms with van der Waals surface area (Å²) in [4.78, 5) is 38.5. The number of hydrogen-bond acceptors (Lipinski definition) is 4. The van der Waals surface area contributed by atoms with Crippen LogP contribution in [0.5, 0.6) is 0 Å². The van der Waals surface area contributed by atoms with Crippen LogP contribution in [0.15, 0.2) is 12.5 Å². The molecular weight excluding hydrogens is 278 g/mol. The monoisotopic (exact) mass is 297 g/mol. The van der Waals surface area contributed by atoms with Crippen LogP contribution in [-0.2, 0) is 11.3 Å². The number of amides is 3. The highest BCUT2D eigenvalue weighted by Gasteiger charge is 2.07. The molecule has 21 heavy (non-hydrogen) atoms. The minimum absolute atomic E-state index is 0.0401. The largest absolute Gasteiger partial charge is 0.476 e. The fraction of sp³-hybridized carbons (Fsp3) is 0.500. The van der Waals surface area contributed by atoms with Crippen molar-refractivity contribution in [2.75, 3.05) is 27.2 Å². The van der Waals surface area contributed by atoms with E-state index in [4.69, 9.17) is 5.11 Å². The lowest BCUT2D eigenvalue weighted by molar-refractivity contribution is -0.128. The Balaban J connectivity index is 2.18. The first kappa shape index (κ1) is 16.5. The van der Waals surface area contributed by atoms with Gasteiger partial charge in [0.25, 0.3) is 0 Å². The summed E-state index contributed by atoms with van der Waals surface area (Å²) in [6, 6.07) is -0.375. The third kappa shape index (κ3) is 5.93. The predicted molar refractivity (Wildman–Crippen MR) is 73.9 cm³/mol. The van der Waals surface area contributed by atoms with E-state index in [2.05, 4.69) is 15.6 Å². The zero-order chi connectivity index (χ0) is 15.8. The van der Waals surface area contributed by atoms with Crippen LogP contribution in [0.2, 0.25) is 0 Å². The van der Waals surface area contributed by atoms with Gasteiger partial charge in [0.15, 0.2) is 5.69 Å². The number of urea groups is 1. The zero-order valence-electron chi connectivity index (χ0n) is 12.0. The maximum absolute atomic E-state index is 11.4. The molecule has 1 aromatic heterocycles. The van der Waals surface area contributed by atoms with Crippen molar-refractivity contribution in [3.8, 4) is 0 Å². The molecule has 116 valence electrons. The summed E-state index contributed by atoms with van der Waals surface area (Å²) in [6.45, 7) is 0.990. The summed E-state index contributed by atoms with van der Waals surface area (Å²) >= 11 is 0. The molecule has 9 nitrogen and oxygen atoms in total. The van der Waals surface area contributed by atoms with Crippen molar-refractivity contribution in [2.45, 2.75) is 13.0 Å². The molecule has 0 saturated carbocycles. The molecule has 1 aromatic rings. The lowest BCUT2D eigenvalue weighted by Gasteiger charge is -2.11. The van der Waals surface area contributed by atoms with Crippen LogP contribution in [-0.4, -0.2) is 64.6 Å². The van der Waals surface area contributed by atoms with Crippen LogP contribution in [0.1, 0.15) is 16.9 Å². The van der Waals surface area contributed by atoms with Gasteiger partial charge in [-0.25, -0.2) is 14.6 Å². The third-order valence-electron chi connectivity index (χ3n) is 2.63. The van der Waals surface area contributed by atoms with Gasteiger partial charge in [0.1, 0.15) is 0 Å². The van der Waals surface area contributed by atoms with Crippen molar-refractivity contribution < 1.29 is 19.5 Å². The van der Waals surface area contributed by atoms with Gasteiger partial charge in [0.05, 0.1) is 6.33 Å². The average molecular weight is 297 g/mol. The molecule has 1 heterocycles. The number of carboxylic acid groups (broad SMARTS) is 1. The number of imidazole rings is 1. The highest BCUT2D eigenvalue weighted by Crippen LogP contribution is 1.95. The summed E-state index contributed by atoms with van der Waals surface area (Å²) in [5.74, 6) is -1.15. The molecule has 9 heteroatoms. The Bertz CT molecular complexity index is 512. The molecule has 1 rings (SSSR count). The summed E-state index contributed by atoms with van der Waals surface area (Å²) in [7, 11) is 3.30. The molecule has 0 aliphatic rings. The van der Waals surface area contributed by atoms with Gasteiger partial charge in [-0.3, -0.25) is 4.79 Å². The molecule has 0 aliphatic carbocycles. The Hall–Kier alpha value is -2.58. The molecule has 0 radical (unpaired) electrons. The van der Waals surface area contributed by atoms with E-state index in [1.165, 1.54) is 17.4 Å². The number of nitrogens with one attached hydrogen (secondary N) is 2. The van der Waals surface area contributed by atoms with Gasteiger partial charge in [0.2, 0.25) is 5.91 Å². The maximum Gasteiger partial charge on any atom is 0.356 e. The van der Waals surface area contributed by atoms with E-state index in [1.54, 1.807) is 18.7 Å². The molecule has 0 spiro atoms. The van der Waals surface area contributed by atoms with Crippen LogP contribution in [0, 0.1) is 0 Å². The van der Waals surface area contributed by atoms with Crippen molar-refractivity contribution >= 4 is 17.9 Å². The number of carbonyl (C=O) groups excluding carboxylic acids is 2. The fourth-order valence-corrected chi connectivity index (χ4v) is 1.46. The molecule has 0 atom stereocenters.